The minimum absolute atomic E-state index is 0.0224. The Bertz CT molecular complexity index is 508. The lowest BCUT2D eigenvalue weighted by molar-refractivity contribution is -0.146. The number of carbonyl (C=O) groups is 2. The highest BCUT2D eigenvalue weighted by molar-refractivity contribution is 5.76. The van der Waals surface area contributed by atoms with Crippen molar-refractivity contribution in [2.24, 2.45) is 5.92 Å². The van der Waals surface area contributed by atoms with Gasteiger partial charge in [-0.05, 0) is 30.5 Å². The second-order valence-corrected chi connectivity index (χ2v) is 4.98. The van der Waals surface area contributed by atoms with Gasteiger partial charge in [0.15, 0.2) is 0 Å². The van der Waals surface area contributed by atoms with Crippen LogP contribution < -0.4 is 0 Å². The number of carboxylic acid groups (broad SMARTS) is 2. The summed E-state index contributed by atoms with van der Waals surface area (Å²) in [7, 11) is 0. The minimum atomic E-state index is -0.996. The first-order chi connectivity index (χ1) is 9.49. The SMILES string of the molecule is O=C(O)C1CCN(C(C(=O)O)c2cccc(O)c2)CC1. The molecule has 1 aromatic rings. The molecule has 0 aromatic heterocycles. The topological polar surface area (TPSA) is 98.1 Å². The number of aliphatic carboxylic acids is 2. The molecule has 6 nitrogen and oxygen atoms in total. The lowest BCUT2D eigenvalue weighted by atomic mass is 9.94. The zero-order valence-corrected chi connectivity index (χ0v) is 10.9. The molecule has 1 atom stereocenters. The number of phenolic OH excluding ortho intramolecular Hbond substituents is 1. The predicted octanol–water partition coefficient (Wildman–Crippen LogP) is 1.31. The molecule has 1 aliphatic heterocycles. The van der Waals surface area contributed by atoms with Crippen LogP contribution in [-0.4, -0.2) is 45.2 Å². The molecule has 1 saturated heterocycles. The van der Waals surface area contributed by atoms with Crippen molar-refractivity contribution in [2.75, 3.05) is 13.1 Å². The van der Waals surface area contributed by atoms with Gasteiger partial charge in [0.1, 0.15) is 11.8 Å². The van der Waals surface area contributed by atoms with Crippen molar-refractivity contribution in [1.29, 1.82) is 0 Å². The smallest absolute Gasteiger partial charge is 0.325 e. The second-order valence-electron chi connectivity index (χ2n) is 4.98. The van der Waals surface area contributed by atoms with Crippen molar-refractivity contribution < 1.29 is 24.9 Å². The molecule has 3 N–H and O–H groups in total. The molecule has 108 valence electrons. The molecular weight excluding hydrogens is 262 g/mol. The fraction of sp³-hybridized carbons (Fsp3) is 0.429. The maximum atomic E-state index is 11.5. The molecule has 1 aromatic carbocycles. The molecule has 1 unspecified atom stereocenters. The number of hydrogen-bond donors (Lipinski definition) is 3. The third kappa shape index (κ3) is 3.08. The van der Waals surface area contributed by atoms with Gasteiger partial charge in [0, 0.05) is 13.1 Å². The third-order valence-corrected chi connectivity index (χ3v) is 3.66. The normalized spacial score (nSPS) is 18.6. The molecule has 0 radical (unpaired) electrons. The summed E-state index contributed by atoms with van der Waals surface area (Å²) < 4.78 is 0. The Morgan fingerprint density at radius 3 is 2.35 bits per heavy atom. The van der Waals surface area contributed by atoms with E-state index < -0.39 is 23.9 Å². The van der Waals surface area contributed by atoms with Crippen LogP contribution in [-0.2, 0) is 9.59 Å². The molecule has 0 spiro atoms. The summed E-state index contributed by atoms with van der Waals surface area (Å²) in [6.45, 7) is 0.840. The molecule has 1 aliphatic rings. The lowest BCUT2D eigenvalue weighted by Crippen LogP contribution is -2.41. The predicted molar refractivity (Wildman–Crippen MR) is 70.4 cm³/mol. The highest BCUT2D eigenvalue weighted by atomic mass is 16.4. The van der Waals surface area contributed by atoms with Crippen LogP contribution in [0.3, 0.4) is 0 Å². The molecular formula is C14H17NO5. The van der Waals surface area contributed by atoms with E-state index in [4.69, 9.17) is 5.11 Å². The lowest BCUT2D eigenvalue weighted by Gasteiger charge is -2.34. The van der Waals surface area contributed by atoms with Gasteiger partial charge in [0.25, 0.3) is 0 Å². The van der Waals surface area contributed by atoms with E-state index in [1.807, 2.05) is 0 Å². The van der Waals surface area contributed by atoms with Crippen LogP contribution in [0, 0.1) is 5.92 Å². The Morgan fingerprint density at radius 2 is 1.85 bits per heavy atom. The maximum Gasteiger partial charge on any atom is 0.325 e. The summed E-state index contributed by atoms with van der Waals surface area (Å²) in [5.74, 6) is -2.20. The molecule has 6 heteroatoms. The average Bonchev–Trinajstić information content (AvgIpc) is 2.39. The van der Waals surface area contributed by atoms with Gasteiger partial charge in [-0.25, -0.2) is 0 Å². The Balaban J connectivity index is 2.15. The van der Waals surface area contributed by atoms with Crippen LogP contribution in [0.25, 0.3) is 0 Å². The largest absolute Gasteiger partial charge is 0.508 e. The highest BCUT2D eigenvalue weighted by Crippen LogP contribution is 2.28. The molecule has 20 heavy (non-hydrogen) atoms. The number of aromatic hydroxyl groups is 1. The monoisotopic (exact) mass is 279 g/mol. The molecule has 2 rings (SSSR count). The van der Waals surface area contributed by atoms with E-state index in [0.717, 1.165) is 0 Å². The van der Waals surface area contributed by atoms with Gasteiger partial charge in [-0.2, -0.15) is 0 Å². The Labute approximate surface area is 116 Å². The van der Waals surface area contributed by atoms with Crippen LogP contribution in [0.15, 0.2) is 24.3 Å². The van der Waals surface area contributed by atoms with Gasteiger partial charge in [0.2, 0.25) is 0 Å². The van der Waals surface area contributed by atoms with Crippen LogP contribution in [0.5, 0.6) is 5.75 Å². The second kappa shape index (κ2) is 5.92. The summed E-state index contributed by atoms with van der Waals surface area (Å²) >= 11 is 0. The van der Waals surface area contributed by atoms with E-state index in [1.165, 1.54) is 12.1 Å². The number of benzene rings is 1. The summed E-state index contributed by atoms with van der Waals surface area (Å²) in [5, 5.41) is 27.8. The molecule has 0 saturated carbocycles. The van der Waals surface area contributed by atoms with Gasteiger partial charge in [-0.3, -0.25) is 14.5 Å². The number of nitrogens with zero attached hydrogens (tertiary/aromatic N) is 1. The average molecular weight is 279 g/mol. The number of hydrogen-bond acceptors (Lipinski definition) is 4. The molecule has 0 bridgehead atoms. The highest BCUT2D eigenvalue weighted by Gasteiger charge is 2.33. The van der Waals surface area contributed by atoms with Gasteiger partial charge < -0.3 is 15.3 Å². The zero-order chi connectivity index (χ0) is 14.7. The quantitative estimate of drug-likeness (QED) is 0.768. The van der Waals surface area contributed by atoms with E-state index in [1.54, 1.807) is 17.0 Å². The van der Waals surface area contributed by atoms with Gasteiger partial charge in [-0.15, -0.1) is 0 Å². The van der Waals surface area contributed by atoms with Crippen molar-refractivity contribution in [3.8, 4) is 5.75 Å². The van der Waals surface area contributed by atoms with Crippen molar-refractivity contribution in [3.05, 3.63) is 29.8 Å². The fourth-order valence-corrected chi connectivity index (χ4v) is 2.61. The summed E-state index contributed by atoms with van der Waals surface area (Å²) in [6.07, 6.45) is 0.885. The van der Waals surface area contributed by atoms with Crippen LogP contribution in [0.1, 0.15) is 24.4 Å². The van der Waals surface area contributed by atoms with E-state index in [-0.39, 0.29) is 5.75 Å². The number of likely N-dealkylation sites (tertiary alicyclic amines) is 1. The van der Waals surface area contributed by atoms with E-state index in [0.29, 0.717) is 31.5 Å². The molecule has 0 amide bonds. The van der Waals surface area contributed by atoms with Crippen LogP contribution in [0.2, 0.25) is 0 Å². The Kier molecular flexibility index (Phi) is 4.24. The minimum Gasteiger partial charge on any atom is -0.508 e. The first kappa shape index (κ1) is 14.3. The van der Waals surface area contributed by atoms with Crippen molar-refractivity contribution in [2.45, 2.75) is 18.9 Å². The number of carboxylic acids is 2. The number of piperidine rings is 1. The summed E-state index contributed by atoms with van der Waals surface area (Å²) in [6, 6.07) is 5.32. The third-order valence-electron chi connectivity index (χ3n) is 3.66. The van der Waals surface area contributed by atoms with E-state index >= 15 is 0 Å². The number of rotatable bonds is 4. The van der Waals surface area contributed by atoms with Crippen molar-refractivity contribution in [3.63, 3.8) is 0 Å². The van der Waals surface area contributed by atoms with E-state index in [2.05, 4.69) is 0 Å². The van der Waals surface area contributed by atoms with Gasteiger partial charge in [-0.1, -0.05) is 12.1 Å². The Hall–Kier alpha value is -2.08. The zero-order valence-electron chi connectivity index (χ0n) is 10.9. The molecule has 1 heterocycles. The van der Waals surface area contributed by atoms with Crippen molar-refractivity contribution >= 4 is 11.9 Å². The van der Waals surface area contributed by atoms with Gasteiger partial charge in [0.05, 0.1) is 5.92 Å². The first-order valence-electron chi connectivity index (χ1n) is 6.47. The Morgan fingerprint density at radius 1 is 1.20 bits per heavy atom. The van der Waals surface area contributed by atoms with Gasteiger partial charge >= 0.3 is 11.9 Å². The van der Waals surface area contributed by atoms with Crippen LogP contribution in [0.4, 0.5) is 0 Å². The maximum absolute atomic E-state index is 11.5. The molecule has 1 fully saturated rings. The molecule has 0 aliphatic carbocycles. The van der Waals surface area contributed by atoms with Crippen LogP contribution >= 0.6 is 0 Å². The fourth-order valence-electron chi connectivity index (χ4n) is 2.61. The van der Waals surface area contributed by atoms with Crippen molar-refractivity contribution in [1.82, 2.24) is 4.90 Å². The summed E-state index contributed by atoms with van der Waals surface area (Å²) in [5.41, 5.74) is 0.506. The van der Waals surface area contributed by atoms with E-state index in [9.17, 15) is 19.8 Å². The number of phenols is 1. The summed E-state index contributed by atoms with van der Waals surface area (Å²) in [4.78, 5) is 24.1. The first-order valence-corrected chi connectivity index (χ1v) is 6.47. The standard InChI is InChI=1S/C14H17NO5/c16-11-3-1-2-10(8-11)12(14(19)20)15-6-4-9(5-7-15)13(17)18/h1-3,8-9,12,16H,4-7H2,(H,17,18)(H,19,20).